The van der Waals surface area contributed by atoms with Gasteiger partial charge in [0.2, 0.25) is 5.91 Å². The minimum atomic E-state index is -4.45. The van der Waals surface area contributed by atoms with E-state index in [2.05, 4.69) is 5.32 Å². The first kappa shape index (κ1) is 30.4. The minimum absolute atomic E-state index is 0.0713. The van der Waals surface area contributed by atoms with Crippen LogP contribution < -0.4 is 5.32 Å². The van der Waals surface area contributed by atoms with Crippen molar-refractivity contribution in [3.63, 3.8) is 0 Å². The Morgan fingerprint density at radius 1 is 0.912 bits per heavy atom. The van der Waals surface area contributed by atoms with Crippen LogP contribution >= 0.6 is 0 Å². The monoisotopic (exact) mass is 484 g/mol. The second-order valence-corrected chi connectivity index (χ2v) is 7.97. The summed E-state index contributed by atoms with van der Waals surface area (Å²) in [5.74, 6) is -1.96. The van der Waals surface area contributed by atoms with Crippen LogP contribution in [-0.2, 0) is 27.1 Å². The maximum atomic E-state index is 13.1. The summed E-state index contributed by atoms with van der Waals surface area (Å²) in [6.07, 6.45) is -4.45. The van der Waals surface area contributed by atoms with Gasteiger partial charge in [0.1, 0.15) is 5.54 Å². The average Bonchev–Trinajstić information content (AvgIpc) is 2.67. The standard InChI is InChI=1S/C20H23F3N2O.2C2H4O2/c1-14-9-11-16(12-10-14)24-19(2,3)18(26)25(4)13-15-7-5-6-8-17(15)20(21,22)23;2*1-2(3)4/h5-12,24H,13H2,1-4H3;2*1H3,(H,3,4). The number of benzene rings is 2. The number of nitrogens with zero attached hydrogens (tertiary/aromatic N) is 1. The van der Waals surface area contributed by atoms with E-state index in [-0.39, 0.29) is 18.0 Å². The molecule has 2 aromatic carbocycles. The number of carbonyl (C=O) groups is 3. The number of carbonyl (C=O) groups excluding carboxylic acids is 1. The van der Waals surface area contributed by atoms with Crippen LogP contribution in [0.15, 0.2) is 48.5 Å². The number of nitrogens with one attached hydrogen (secondary N) is 1. The third-order valence-corrected chi connectivity index (χ3v) is 4.12. The smallest absolute Gasteiger partial charge is 0.416 e. The normalized spacial score (nSPS) is 10.6. The molecule has 3 N–H and O–H groups in total. The Kier molecular flexibility index (Phi) is 11.8. The summed E-state index contributed by atoms with van der Waals surface area (Å²) in [6.45, 7) is 7.43. The summed E-state index contributed by atoms with van der Waals surface area (Å²) in [7, 11) is 1.51. The van der Waals surface area contributed by atoms with E-state index in [0.29, 0.717) is 0 Å². The SMILES string of the molecule is CC(=O)O.CC(=O)O.Cc1ccc(NC(C)(C)C(=O)N(C)Cc2ccccc2C(F)(F)F)cc1. The molecule has 0 aliphatic carbocycles. The van der Waals surface area contributed by atoms with Gasteiger partial charge in [-0.3, -0.25) is 14.4 Å². The second kappa shape index (κ2) is 13.2. The molecule has 0 aliphatic rings. The number of likely N-dealkylation sites (N-methyl/N-ethyl adjacent to an activating group) is 1. The van der Waals surface area contributed by atoms with Gasteiger partial charge in [0.05, 0.1) is 5.56 Å². The van der Waals surface area contributed by atoms with Crippen LogP contribution in [0.3, 0.4) is 0 Å². The summed E-state index contributed by atoms with van der Waals surface area (Å²) < 4.78 is 39.4. The summed E-state index contributed by atoms with van der Waals surface area (Å²) in [6, 6.07) is 12.9. The third kappa shape index (κ3) is 11.9. The van der Waals surface area contributed by atoms with Crippen molar-refractivity contribution in [1.29, 1.82) is 0 Å². The molecule has 0 saturated carbocycles. The minimum Gasteiger partial charge on any atom is -0.481 e. The Bertz CT molecular complexity index is 938. The van der Waals surface area contributed by atoms with Crippen molar-refractivity contribution in [3.8, 4) is 0 Å². The van der Waals surface area contributed by atoms with E-state index >= 15 is 0 Å². The molecule has 2 aromatic rings. The van der Waals surface area contributed by atoms with Crippen molar-refractivity contribution in [2.45, 2.75) is 52.9 Å². The zero-order chi connectivity index (χ0) is 26.7. The number of rotatable bonds is 5. The molecule has 34 heavy (non-hydrogen) atoms. The van der Waals surface area contributed by atoms with Gasteiger partial charge in [0, 0.05) is 33.1 Å². The maximum absolute atomic E-state index is 13.1. The molecule has 0 unspecified atom stereocenters. The van der Waals surface area contributed by atoms with Gasteiger partial charge in [-0.1, -0.05) is 35.9 Å². The van der Waals surface area contributed by atoms with Crippen molar-refractivity contribution in [3.05, 3.63) is 65.2 Å². The lowest BCUT2D eigenvalue weighted by molar-refractivity contribution is -0.140. The summed E-state index contributed by atoms with van der Waals surface area (Å²) in [5.41, 5.74) is 0.265. The van der Waals surface area contributed by atoms with Gasteiger partial charge in [0.25, 0.3) is 11.9 Å². The van der Waals surface area contributed by atoms with Crippen LogP contribution in [0.1, 0.15) is 44.4 Å². The molecule has 0 bridgehead atoms. The number of alkyl halides is 3. The average molecular weight is 485 g/mol. The van der Waals surface area contributed by atoms with E-state index in [1.54, 1.807) is 19.9 Å². The van der Waals surface area contributed by atoms with Crippen molar-refractivity contribution in [1.82, 2.24) is 4.90 Å². The first-order valence-electron chi connectivity index (χ1n) is 10.1. The molecule has 2 rings (SSSR count). The molecule has 0 aromatic heterocycles. The molecular weight excluding hydrogens is 453 g/mol. The van der Waals surface area contributed by atoms with Crippen molar-refractivity contribution in [2.75, 3.05) is 12.4 Å². The van der Waals surface area contributed by atoms with Crippen molar-refractivity contribution in [2.24, 2.45) is 0 Å². The molecule has 10 heteroatoms. The Labute approximate surface area is 197 Å². The lowest BCUT2D eigenvalue weighted by atomic mass is 10.0. The number of amides is 1. The number of halogens is 3. The zero-order valence-corrected chi connectivity index (χ0v) is 20.0. The number of carboxylic acid groups (broad SMARTS) is 2. The number of anilines is 1. The highest BCUT2D eigenvalue weighted by atomic mass is 19.4. The highest BCUT2D eigenvalue weighted by Crippen LogP contribution is 2.32. The summed E-state index contributed by atoms with van der Waals surface area (Å²) >= 11 is 0. The van der Waals surface area contributed by atoms with Crippen LogP contribution in [-0.4, -0.2) is 45.5 Å². The van der Waals surface area contributed by atoms with Crippen LogP contribution in [0.25, 0.3) is 0 Å². The van der Waals surface area contributed by atoms with Gasteiger partial charge >= 0.3 is 6.18 Å². The maximum Gasteiger partial charge on any atom is 0.416 e. The molecule has 0 atom stereocenters. The highest BCUT2D eigenvalue weighted by Gasteiger charge is 2.35. The van der Waals surface area contributed by atoms with Crippen LogP contribution in [0.4, 0.5) is 18.9 Å². The molecule has 0 radical (unpaired) electrons. The Balaban J connectivity index is 0.00000118. The zero-order valence-electron chi connectivity index (χ0n) is 20.0. The van der Waals surface area contributed by atoms with E-state index in [9.17, 15) is 18.0 Å². The first-order valence-corrected chi connectivity index (χ1v) is 10.1. The van der Waals surface area contributed by atoms with Gasteiger partial charge in [-0.05, 0) is 44.5 Å². The molecule has 188 valence electrons. The highest BCUT2D eigenvalue weighted by molar-refractivity contribution is 5.88. The topological polar surface area (TPSA) is 107 Å². The summed E-state index contributed by atoms with van der Waals surface area (Å²) in [4.78, 5) is 32.1. The predicted molar refractivity (Wildman–Crippen MR) is 123 cm³/mol. The lowest BCUT2D eigenvalue weighted by Gasteiger charge is -2.31. The van der Waals surface area contributed by atoms with Gasteiger partial charge < -0.3 is 20.4 Å². The molecule has 0 saturated heterocycles. The Morgan fingerprint density at radius 2 is 1.35 bits per heavy atom. The molecular formula is C24H31F3N2O5. The fourth-order valence-electron chi connectivity index (χ4n) is 2.79. The van der Waals surface area contributed by atoms with Gasteiger partial charge in [0.15, 0.2) is 0 Å². The number of aryl methyl sites for hydroxylation is 1. The fourth-order valence-corrected chi connectivity index (χ4v) is 2.79. The number of hydrogen-bond acceptors (Lipinski definition) is 4. The van der Waals surface area contributed by atoms with E-state index < -0.39 is 29.2 Å². The lowest BCUT2D eigenvalue weighted by Crippen LogP contribution is -2.48. The van der Waals surface area contributed by atoms with Gasteiger partial charge in [-0.2, -0.15) is 13.2 Å². The quantitative estimate of drug-likeness (QED) is 0.549. The Hall–Kier alpha value is -3.56. The molecule has 7 nitrogen and oxygen atoms in total. The third-order valence-electron chi connectivity index (χ3n) is 4.12. The predicted octanol–water partition coefficient (Wildman–Crippen LogP) is 5.04. The van der Waals surface area contributed by atoms with Crippen LogP contribution in [0.5, 0.6) is 0 Å². The fraction of sp³-hybridized carbons (Fsp3) is 0.375. The number of carboxylic acids is 2. The van der Waals surface area contributed by atoms with Gasteiger partial charge in [-0.15, -0.1) is 0 Å². The van der Waals surface area contributed by atoms with E-state index in [4.69, 9.17) is 19.8 Å². The van der Waals surface area contributed by atoms with E-state index in [0.717, 1.165) is 31.2 Å². The van der Waals surface area contributed by atoms with Gasteiger partial charge in [-0.25, -0.2) is 0 Å². The largest absolute Gasteiger partial charge is 0.481 e. The van der Waals surface area contributed by atoms with E-state index in [1.165, 1.54) is 24.1 Å². The number of hydrogen-bond donors (Lipinski definition) is 3. The van der Waals surface area contributed by atoms with Crippen LogP contribution in [0, 0.1) is 6.92 Å². The second-order valence-electron chi connectivity index (χ2n) is 7.97. The molecule has 0 aliphatic heterocycles. The molecule has 1 amide bonds. The van der Waals surface area contributed by atoms with Crippen LogP contribution in [0.2, 0.25) is 0 Å². The molecule has 0 fully saturated rings. The Morgan fingerprint density at radius 3 is 1.79 bits per heavy atom. The first-order chi connectivity index (χ1) is 15.5. The number of aliphatic carboxylic acids is 2. The molecule has 0 heterocycles. The van der Waals surface area contributed by atoms with Crippen molar-refractivity contribution >= 4 is 23.5 Å². The summed E-state index contributed by atoms with van der Waals surface area (Å²) in [5, 5.41) is 18.0. The molecule has 0 spiro atoms. The van der Waals surface area contributed by atoms with Crippen molar-refractivity contribution < 1.29 is 37.8 Å². The van der Waals surface area contributed by atoms with E-state index in [1.807, 2.05) is 31.2 Å².